The van der Waals surface area contributed by atoms with E-state index >= 15 is 0 Å². The first-order valence-corrected chi connectivity index (χ1v) is 12.7. The van der Waals surface area contributed by atoms with Gasteiger partial charge in [-0.25, -0.2) is 4.79 Å². The number of carbonyl (C=O) groups excluding carboxylic acids is 2. The Kier molecular flexibility index (Phi) is 9.61. The number of hydrogen-bond acceptors (Lipinski definition) is 5. The van der Waals surface area contributed by atoms with Crippen molar-refractivity contribution < 1.29 is 31.9 Å². The summed E-state index contributed by atoms with van der Waals surface area (Å²) in [4.78, 5) is 31.9. The summed E-state index contributed by atoms with van der Waals surface area (Å²) in [7, 11) is 0. The molecule has 0 radical (unpaired) electrons. The fourth-order valence-electron chi connectivity index (χ4n) is 4.21. The Morgan fingerprint density at radius 2 is 1.69 bits per heavy atom. The third-order valence-corrected chi connectivity index (χ3v) is 6.34. The summed E-state index contributed by atoms with van der Waals surface area (Å²) in [6.07, 6.45) is -3.02. The number of anilines is 1. The van der Waals surface area contributed by atoms with E-state index in [1.165, 1.54) is 23.3 Å². The van der Waals surface area contributed by atoms with Crippen molar-refractivity contribution in [2.75, 3.05) is 51.3 Å². The Hall–Kier alpha value is -3.83. The Morgan fingerprint density at radius 3 is 2.38 bits per heavy atom. The van der Waals surface area contributed by atoms with Gasteiger partial charge in [-0.3, -0.25) is 9.69 Å². The van der Waals surface area contributed by atoms with Gasteiger partial charge in [0.1, 0.15) is 12.3 Å². The van der Waals surface area contributed by atoms with Crippen LogP contribution in [0.25, 0.3) is 0 Å². The van der Waals surface area contributed by atoms with Gasteiger partial charge in [0.2, 0.25) is 5.91 Å². The van der Waals surface area contributed by atoms with E-state index in [-0.39, 0.29) is 31.2 Å². The number of ether oxygens (including phenoxy) is 1. The van der Waals surface area contributed by atoms with Crippen molar-refractivity contribution in [1.29, 1.82) is 0 Å². The minimum absolute atomic E-state index is 0.00428. The van der Waals surface area contributed by atoms with Gasteiger partial charge < -0.3 is 24.3 Å². The van der Waals surface area contributed by atoms with Crippen molar-refractivity contribution in [1.82, 2.24) is 14.7 Å². The number of nitrogens with one attached hydrogen (secondary N) is 1. The lowest BCUT2D eigenvalue weighted by atomic mass is 10.2. The van der Waals surface area contributed by atoms with Crippen LogP contribution in [-0.4, -0.2) is 72.6 Å². The van der Waals surface area contributed by atoms with Crippen LogP contribution in [0.1, 0.15) is 16.9 Å². The number of rotatable bonds is 10. The number of alkyl halides is 3. The van der Waals surface area contributed by atoms with Gasteiger partial charge in [0.05, 0.1) is 31.6 Å². The van der Waals surface area contributed by atoms with Crippen LogP contribution in [0.3, 0.4) is 0 Å². The molecule has 0 saturated carbocycles. The van der Waals surface area contributed by atoms with Gasteiger partial charge in [0.15, 0.2) is 0 Å². The fraction of sp³-hybridized carbons (Fsp3) is 0.357. The van der Waals surface area contributed by atoms with E-state index in [0.717, 1.165) is 17.7 Å². The first kappa shape index (κ1) is 28.2. The fourth-order valence-corrected chi connectivity index (χ4v) is 4.21. The zero-order chi connectivity index (χ0) is 27.7. The summed E-state index contributed by atoms with van der Waals surface area (Å²) in [5.41, 5.74) is 0.0322. The summed E-state index contributed by atoms with van der Waals surface area (Å²) in [6.45, 7) is 3.46. The Balaban J connectivity index is 1.50. The van der Waals surface area contributed by atoms with Gasteiger partial charge >= 0.3 is 12.2 Å². The van der Waals surface area contributed by atoms with Crippen molar-refractivity contribution in [2.45, 2.75) is 19.3 Å². The van der Waals surface area contributed by atoms with Gasteiger partial charge in [-0.15, -0.1) is 0 Å². The van der Waals surface area contributed by atoms with Gasteiger partial charge in [-0.1, -0.05) is 36.4 Å². The SMILES string of the molecule is O=C(CN(CCN1CCOCC1)C(=O)Nc1cccc(C(F)(F)F)c1)N(Cc1ccccc1)Cc1ccco1. The largest absolute Gasteiger partial charge is 0.467 e. The van der Waals surface area contributed by atoms with E-state index in [1.54, 1.807) is 17.0 Å². The zero-order valence-corrected chi connectivity index (χ0v) is 21.4. The van der Waals surface area contributed by atoms with E-state index in [2.05, 4.69) is 10.2 Å². The second kappa shape index (κ2) is 13.3. The monoisotopic (exact) mass is 544 g/mol. The maximum Gasteiger partial charge on any atom is 0.416 e. The number of urea groups is 1. The zero-order valence-electron chi connectivity index (χ0n) is 21.4. The smallest absolute Gasteiger partial charge is 0.416 e. The molecule has 0 atom stereocenters. The van der Waals surface area contributed by atoms with Crippen LogP contribution >= 0.6 is 0 Å². The molecule has 3 aromatic rings. The van der Waals surface area contributed by atoms with Gasteiger partial charge in [-0.2, -0.15) is 13.2 Å². The molecule has 1 saturated heterocycles. The first-order valence-electron chi connectivity index (χ1n) is 12.7. The predicted molar refractivity (Wildman–Crippen MR) is 139 cm³/mol. The Morgan fingerprint density at radius 1 is 0.923 bits per heavy atom. The van der Waals surface area contributed by atoms with Crippen molar-refractivity contribution in [3.05, 3.63) is 89.9 Å². The van der Waals surface area contributed by atoms with E-state index < -0.39 is 17.8 Å². The summed E-state index contributed by atoms with van der Waals surface area (Å²) in [5, 5.41) is 2.54. The third kappa shape index (κ3) is 8.59. The van der Waals surface area contributed by atoms with Crippen LogP contribution < -0.4 is 5.32 Å². The normalized spacial score (nSPS) is 14.1. The molecule has 208 valence electrons. The van der Waals surface area contributed by atoms with Gasteiger partial charge in [0, 0.05) is 38.4 Å². The maximum atomic E-state index is 13.6. The molecule has 1 aliphatic rings. The summed E-state index contributed by atoms with van der Waals surface area (Å²) >= 11 is 0. The number of halogens is 3. The van der Waals surface area contributed by atoms with Crippen molar-refractivity contribution in [2.24, 2.45) is 0 Å². The topological polar surface area (TPSA) is 78.3 Å². The molecule has 2 heterocycles. The molecule has 1 fully saturated rings. The van der Waals surface area contributed by atoms with Crippen LogP contribution in [0.15, 0.2) is 77.4 Å². The van der Waals surface area contributed by atoms with Crippen LogP contribution in [0, 0.1) is 0 Å². The van der Waals surface area contributed by atoms with Crippen molar-refractivity contribution in [3.8, 4) is 0 Å². The minimum atomic E-state index is -4.55. The Labute approximate surface area is 224 Å². The summed E-state index contributed by atoms with van der Waals surface area (Å²) < 4.78 is 50.4. The van der Waals surface area contributed by atoms with Crippen molar-refractivity contribution in [3.63, 3.8) is 0 Å². The number of furan rings is 1. The van der Waals surface area contributed by atoms with E-state index in [9.17, 15) is 22.8 Å². The molecule has 1 aromatic heterocycles. The van der Waals surface area contributed by atoms with E-state index in [1.807, 2.05) is 30.3 Å². The molecule has 1 N–H and O–H groups in total. The molecular formula is C28H31F3N4O4. The molecule has 8 nitrogen and oxygen atoms in total. The molecule has 0 unspecified atom stereocenters. The van der Waals surface area contributed by atoms with Crippen LogP contribution in [0.4, 0.5) is 23.7 Å². The molecule has 0 aliphatic carbocycles. The molecule has 4 rings (SSSR count). The summed E-state index contributed by atoms with van der Waals surface area (Å²) in [6, 6.07) is 16.7. The molecular weight excluding hydrogens is 513 g/mol. The quantitative estimate of drug-likeness (QED) is 0.401. The lowest BCUT2D eigenvalue weighted by Crippen LogP contribution is -2.48. The second-order valence-corrected chi connectivity index (χ2v) is 9.20. The lowest BCUT2D eigenvalue weighted by molar-refractivity contribution is -0.137. The van der Waals surface area contributed by atoms with Crippen LogP contribution in [0.2, 0.25) is 0 Å². The van der Waals surface area contributed by atoms with Crippen molar-refractivity contribution >= 4 is 17.6 Å². The highest BCUT2D eigenvalue weighted by Gasteiger charge is 2.31. The maximum absolute atomic E-state index is 13.6. The van der Waals surface area contributed by atoms with E-state index in [0.29, 0.717) is 45.2 Å². The average Bonchev–Trinajstić information content (AvgIpc) is 3.44. The number of hydrogen-bond donors (Lipinski definition) is 1. The number of morpholine rings is 1. The number of amides is 3. The molecule has 2 aromatic carbocycles. The van der Waals surface area contributed by atoms with Gasteiger partial charge in [-0.05, 0) is 35.9 Å². The number of nitrogens with zero attached hydrogens (tertiary/aromatic N) is 3. The Bertz CT molecular complexity index is 1200. The molecule has 0 bridgehead atoms. The molecule has 1 aliphatic heterocycles. The van der Waals surface area contributed by atoms with Crippen LogP contribution in [-0.2, 0) is 28.8 Å². The molecule has 0 spiro atoms. The summed E-state index contributed by atoms with van der Waals surface area (Å²) in [5.74, 6) is 0.268. The molecule has 3 amide bonds. The highest BCUT2D eigenvalue weighted by Crippen LogP contribution is 2.30. The van der Waals surface area contributed by atoms with E-state index in [4.69, 9.17) is 9.15 Å². The number of benzene rings is 2. The van der Waals surface area contributed by atoms with Crippen LogP contribution in [0.5, 0.6) is 0 Å². The predicted octanol–water partition coefficient (Wildman–Crippen LogP) is 4.69. The van der Waals surface area contributed by atoms with Gasteiger partial charge in [0.25, 0.3) is 0 Å². The highest BCUT2D eigenvalue weighted by atomic mass is 19.4. The standard InChI is InChI=1S/C28H31F3N4O4/c29-28(30,31)23-8-4-9-24(18-23)32-27(37)34(12-11-33-13-16-38-17-14-33)21-26(36)35(20-25-10-5-15-39-25)19-22-6-2-1-3-7-22/h1-10,15,18H,11-14,16-17,19-21H2,(H,32,37). The lowest BCUT2D eigenvalue weighted by Gasteiger charge is -2.31. The highest BCUT2D eigenvalue weighted by molar-refractivity contribution is 5.92. The average molecular weight is 545 g/mol. The second-order valence-electron chi connectivity index (χ2n) is 9.20. The molecule has 11 heteroatoms. The minimum Gasteiger partial charge on any atom is -0.467 e. The molecule has 39 heavy (non-hydrogen) atoms. The number of carbonyl (C=O) groups is 2. The first-order chi connectivity index (χ1) is 18.8. The third-order valence-electron chi connectivity index (χ3n) is 6.34.